The minimum Gasteiger partial charge on any atom is -0.467 e. The van der Waals surface area contributed by atoms with Crippen LogP contribution in [0.2, 0.25) is 0 Å². The van der Waals surface area contributed by atoms with Crippen molar-refractivity contribution in [2.75, 3.05) is 32.2 Å². The van der Waals surface area contributed by atoms with Crippen molar-refractivity contribution in [1.82, 2.24) is 24.9 Å². The van der Waals surface area contributed by atoms with Gasteiger partial charge in [0.25, 0.3) is 0 Å². The van der Waals surface area contributed by atoms with E-state index in [0.717, 1.165) is 37.3 Å². The van der Waals surface area contributed by atoms with Gasteiger partial charge in [-0.1, -0.05) is 0 Å². The topological polar surface area (TPSA) is 86.2 Å². The summed E-state index contributed by atoms with van der Waals surface area (Å²) >= 11 is 0. The van der Waals surface area contributed by atoms with Crippen LogP contribution in [-0.4, -0.2) is 52.2 Å². The third kappa shape index (κ3) is 3.30. The summed E-state index contributed by atoms with van der Waals surface area (Å²) in [5.74, 6) is 1.01. The van der Waals surface area contributed by atoms with Crippen LogP contribution in [0.15, 0.2) is 12.4 Å². The van der Waals surface area contributed by atoms with Gasteiger partial charge in [0.1, 0.15) is 0 Å². The average molecular weight is 316 g/mol. The minimum absolute atomic E-state index is 0.263. The summed E-state index contributed by atoms with van der Waals surface area (Å²) in [5, 5.41) is 0. The second-order valence-electron chi connectivity index (χ2n) is 5.40. The Labute approximate surface area is 134 Å². The van der Waals surface area contributed by atoms with Gasteiger partial charge in [0.2, 0.25) is 5.95 Å². The highest BCUT2D eigenvalue weighted by molar-refractivity contribution is 5.33. The van der Waals surface area contributed by atoms with Crippen molar-refractivity contribution in [2.24, 2.45) is 0 Å². The molecular formula is C15H20N6O2. The fraction of sp³-hybridized carbons (Fsp3) is 0.533. The summed E-state index contributed by atoms with van der Waals surface area (Å²) in [6, 6.07) is 0.525. The van der Waals surface area contributed by atoms with Crippen molar-refractivity contribution < 1.29 is 9.47 Å². The molecule has 3 rings (SSSR count). The molecule has 0 saturated carbocycles. The lowest BCUT2D eigenvalue weighted by Crippen LogP contribution is -2.34. The number of ether oxygens (including phenoxy) is 2. The lowest BCUT2D eigenvalue weighted by Gasteiger charge is -2.32. The first-order valence-corrected chi connectivity index (χ1v) is 7.57. The van der Waals surface area contributed by atoms with Gasteiger partial charge >= 0.3 is 12.0 Å². The molecule has 0 radical (unpaired) electrons. The summed E-state index contributed by atoms with van der Waals surface area (Å²) in [7, 11) is 3.06. The van der Waals surface area contributed by atoms with Gasteiger partial charge in [0.05, 0.1) is 25.6 Å². The van der Waals surface area contributed by atoms with Gasteiger partial charge in [-0.15, -0.1) is 4.98 Å². The number of rotatable bonds is 4. The molecule has 3 heterocycles. The summed E-state index contributed by atoms with van der Waals surface area (Å²) in [6.07, 6.45) is 5.46. The number of aryl methyl sites for hydroxylation is 1. The fourth-order valence-corrected chi connectivity index (χ4v) is 2.82. The van der Waals surface area contributed by atoms with E-state index in [1.165, 1.54) is 14.2 Å². The van der Waals surface area contributed by atoms with Crippen LogP contribution in [0, 0.1) is 6.92 Å². The quantitative estimate of drug-likeness (QED) is 0.836. The fourth-order valence-electron chi connectivity index (χ4n) is 2.82. The number of hydrogen-bond donors (Lipinski definition) is 0. The van der Waals surface area contributed by atoms with Crippen LogP contribution < -0.4 is 14.4 Å². The molecule has 0 bridgehead atoms. The van der Waals surface area contributed by atoms with Gasteiger partial charge in [0, 0.05) is 31.4 Å². The van der Waals surface area contributed by atoms with Crippen LogP contribution >= 0.6 is 0 Å². The minimum atomic E-state index is 0.263. The Kier molecular flexibility index (Phi) is 4.50. The largest absolute Gasteiger partial charge is 0.467 e. The molecule has 1 saturated heterocycles. The second-order valence-corrected chi connectivity index (χ2v) is 5.40. The number of methoxy groups -OCH3 is 2. The molecule has 122 valence electrons. The van der Waals surface area contributed by atoms with Crippen molar-refractivity contribution >= 4 is 5.95 Å². The highest BCUT2D eigenvalue weighted by Crippen LogP contribution is 2.29. The van der Waals surface area contributed by atoms with Gasteiger partial charge in [-0.2, -0.15) is 9.97 Å². The maximum atomic E-state index is 5.11. The predicted molar refractivity (Wildman–Crippen MR) is 83.9 cm³/mol. The SMILES string of the molecule is COc1nc(OC)nc(N2CCC(c3nccnc3C)CC2)n1. The van der Waals surface area contributed by atoms with Crippen molar-refractivity contribution in [3.05, 3.63) is 23.8 Å². The van der Waals surface area contributed by atoms with Crippen molar-refractivity contribution in [3.63, 3.8) is 0 Å². The first kappa shape index (κ1) is 15.4. The van der Waals surface area contributed by atoms with Gasteiger partial charge in [0.15, 0.2) is 0 Å². The lowest BCUT2D eigenvalue weighted by atomic mass is 9.92. The Bertz CT molecular complexity index is 651. The molecule has 2 aromatic rings. The van der Waals surface area contributed by atoms with Crippen molar-refractivity contribution in [2.45, 2.75) is 25.7 Å². The molecule has 1 aliphatic rings. The Morgan fingerprint density at radius 2 is 1.57 bits per heavy atom. The highest BCUT2D eigenvalue weighted by atomic mass is 16.5. The second kappa shape index (κ2) is 6.72. The van der Waals surface area contributed by atoms with E-state index in [1.807, 2.05) is 6.92 Å². The lowest BCUT2D eigenvalue weighted by molar-refractivity contribution is 0.338. The van der Waals surface area contributed by atoms with Gasteiger partial charge < -0.3 is 14.4 Å². The van der Waals surface area contributed by atoms with E-state index in [9.17, 15) is 0 Å². The Balaban J connectivity index is 1.73. The van der Waals surface area contributed by atoms with E-state index in [0.29, 0.717) is 11.9 Å². The average Bonchev–Trinajstić information content (AvgIpc) is 2.62. The van der Waals surface area contributed by atoms with Gasteiger partial charge in [-0.25, -0.2) is 0 Å². The third-order valence-electron chi connectivity index (χ3n) is 4.03. The van der Waals surface area contributed by atoms with Crippen molar-refractivity contribution in [3.8, 4) is 12.0 Å². The molecule has 0 spiro atoms. The summed E-state index contributed by atoms with van der Waals surface area (Å²) in [6.45, 7) is 3.70. The summed E-state index contributed by atoms with van der Waals surface area (Å²) in [4.78, 5) is 23.6. The molecular weight excluding hydrogens is 296 g/mol. The molecule has 0 aromatic carbocycles. The molecule has 8 nitrogen and oxygen atoms in total. The third-order valence-corrected chi connectivity index (χ3v) is 4.03. The molecule has 1 fully saturated rings. The number of aromatic nitrogens is 5. The molecule has 0 atom stereocenters. The number of anilines is 1. The number of hydrogen-bond acceptors (Lipinski definition) is 8. The predicted octanol–water partition coefficient (Wildman–Crippen LogP) is 1.37. The van der Waals surface area contributed by atoms with Crippen LogP contribution in [0.4, 0.5) is 5.95 Å². The highest BCUT2D eigenvalue weighted by Gasteiger charge is 2.25. The molecule has 0 unspecified atom stereocenters. The molecule has 0 N–H and O–H groups in total. The zero-order valence-electron chi connectivity index (χ0n) is 13.6. The zero-order chi connectivity index (χ0) is 16.2. The van der Waals surface area contributed by atoms with Crippen molar-refractivity contribution in [1.29, 1.82) is 0 Å². The van der Waals surface area contributed by atoms with E-state index in [2.05, 4.69) is 29.8 Å². The number of piperidine rings is 1. The van der Waals surface area contributed by atoms with Gasteiger partial charge in [-0.05, 0) is 19.8 Å². The maximum Gasteiger partial charge on any atom is 0.324 e. The Morgan fingerprint density at radius 3 is 2.13 bits per heavy atom. The van der Waals surface area contributed by atoms with E-state index in [-0.39, 0.29) is 12.0 Å². The first-order valence-electron chi connectivity index (χ1n) is 7.57. The van der Waals surface area contributed by atoms with E-state index >= 15 is 0 Å². The monoisotopic (exact) mass is 316 g/mol. The molecule has 0 amide bonds. The van der Waals surface area contributed by atoms with Gasteiger partial charge in [-0.3, -0.25) is 9.97 Å². The summed E-state index contributed by atoms with van der Waals surface area (Å²) < 4.78 is 10.2. The maximum absolute atomic E-state index is 5.11. The standard InChI is InChI=1S/C15H20N6O2/c1-10-12(17-7-6-16-10)11-4-8-21(9-5-11)13-18-14(22-2)20-15(19-13)23-3/h6-7,11H,4-5,8-9H2,1-3H3. The van der Waals surface area contributed by atoms with Crippen LogP contribution in [-0.2, 0) is 0 Å². The zero-order valence-corrected chi connectivity index (χ0v) is 13.6. The molecule has 1 aliphatic heterocycles. The first-order chi connectivity index (χ1) is 11.2. The molecule has 23 heavy (non-hydrogen) atoms. The van der Waals surface area contributed by atoms with Crippen LogP contribution in [0.3, 0.4) is 0 Å². The molecule has 8 heteroatoms. The Morgan fingerprint density at radius 1 is 0.957 bits per heavy atom. The Hall–Kier alpha value is -2.51. The van der Waals surface area contributed by atoms with Crippen LogP contribution in [0.5, 0.6) is 12.0 Å². The van der Waals surface area contributed by atoms with E-state index in [1.54, 1.807) is 12.4 Å². The van der Waals surface area contributed by atoms with Crippen LogP contribution in [0.25, 0.3) is 0 Å². The van der Waals surface area contributed by atoms with Crippen LogP contribution in [0.1, 0.15) is 30.1 Å². The van der Waals surface area contributed by atoms with E-state index < -0.39 is 0 Å². The molecule has 0 aliphatic carbocycles. The normalized spacial score (nSPS) is 15.5. The van der Waals surface area contributed by atoms with E-state index in [4.69, 9.17) is 9.47 Å². The summed E-state index contributed by atoms with van der Waals surface area (Å²) in [5.41, 5.74) is 2.10. The smallest absolute Gasteiger partial charge is 0.324 e. The molecule has 2 aromatic heterocycles. The number of nitrogens with zero attached hydrogens (tertiary/aromatic N) is 6.